The van der Waals surface area contributed by atoms with Crippen molar-refractivity contribution >= 4 is 16.6 Å². The Labute approximate surface area is 86.2 Å². The van der Waals surface area contributed by atoms with Crippen molar-refractivity contribution in [3.8, 4) is 0 Å². The first-order valence-corrected chi connectivity index (χ1v) is 4.17. The minimum atomic E-state index is -0.397. The largest absolute Gasteiger partial charge is 0.344 e. The van der Waals surface area contributed by atoms with Crippen LogP contribution in [0.1, 0.15) is 5.69 Å². The lowest BCUT2D eigenvalue weighted by Gasteiger charge is -1.93. The van der Waals surface area contributed by atoms with E-state index in [9.17, 15) is 10.1 Å². The van der Waals surface area contributed by atoms with Crippen LogP contribution < -0.4 is 6.15 Å². The minimum Gasteiger partial charge on any atom is -0.344 e. The number of aryl methyl sites for hydroxylation is 2. The number of fused-ring (bicyclic) bond motifs is 1. The van der Waals surface area contributed by atoms with Gasteiger partial charge in [0.25, 0.3) is 5.69 Å². The molecule has 15 heavy (non-hydrogen) atoms. The predicted octanol–water partition coefficient (Wildman–Crippen LogP) is 1.95. The molecular weight excluding hydrogens is 196 g/mol. The van der Waals surface area contributed by atoms with Crippen molar-refractivity contribution in [2.45, 2.75) is 6.92 Å². The molecule has 2 rings (SSSR count). The van der Waals surface area contributed by atoms with Crippen LogP contribution in [-0.2, 0) is 7.05 Å². The smallest absolute Gasteiger partial charge is 0.270 e. The van der Waals surface area contributed by atoms with Crippen LogP contribution >= 0.6 is 0 Å². The summed E-state index contributed by atoms with van der Waals surface area (Å²) in [7, 11) is 1.82. The number of nitro benzene ring substituents is 1. The fourth-order valence-corrected chi connectivity index (χ4v) is 1.54. The summed E-state index contributed by atoms with van der Waals surface area (Å²) in [4.78, 5) is 10.1. The van der Waals surface area contributed by atoms with Crippen molar-refractivity contribution in [3.63, 3.8) is 0 Å². The summed E-state index contributed by atoms with van der Waals surface area (Å²) >= 11 is 0. The molecule has 1 aromatic carbocycles. The zero-order chi connectivity index (χ0) is 10.3. The maximum absolute atomic E-state index is 10.5. The quantitative estimate of drug-likeness (QED) is 0.572. The third kappa shape index (κ3) is 1.66. The predicted molar refractivity (Wildman–Crippen MR) is 57.1 cm³/mol. The maximum atomic E-state index is 10.5. The number of nitrogens with zero attached hydrogens (tertiary/aromatic N) is 3. The van der Waals surface area contributed by atoms with E-state index < -0.39 is 4.92 Å². The van der Waals surface area contributed by atoms with Crippen LogP contribution in [0.25, 0.3) is 10.9 Å². The van der Waals surface area contributed by atoms with E-state index in [4.69, 9.17) is 0 Å². The Kier molecular flexibility index (Phi) is 2.71. The number of rotatable bonds is 1. The molecule has 0 fully saturated rings. The van der Waals surface area contributed by atoms with Crippen LogP contribution in [0.3, 0.4) is 0 Å². The van der Waals surface area contributed by atoms with Crippen molar-refractivity contribution in [1.82, 2.24) is 15.9 Å². The molecule has 0 aliphatic rings. The van der Waals surface area contributed by atoms with Crippen LogP contribution in [0.15, 0.2) is 18.2 Å². The van der Waals surface area contributed by atoms with E-state index in [1.807, 2.05) is 14.0 Å². The van der Waals surface area contributed by atoms with Crippen molar-refractivity contribution in [2.24, 2.45) is 7.05 Å². The lowest BCUT2D eigenvalue weighted by molar-refractivity contribution is -0.384. The highest BCUT2D eigenvalue weighted by Crippen LogP contribution is 2.22. The Hall–Kier alpha value is -1.95. The van der Waals surface area contributed by atoms with Crippen LogP contribution in [0.4, 0.5) is 5.69 Å². The van der Waals surface area contributed by atoms with Crippen LogP contribution in [0, 0.1) is 17.0 Å². The third-order valence-electron chi connectivity index (χ3n) is 2.23. The highest BCUT2D eigenvalue weighted by atomic mass is 16.6. The Bertz CT molecular complexity index is 518. The molecule has 0 unspecified atom stereocenters. The Morgan fingerprint density at radius 1 is 1.47 bits per heavy atom. The fraction of sp³-hybridized carbons (Fsp3) is 0.222. The summed E-state index contributed by atoms with van der Waals surface area (Å²) in [6.07, 6.45) is 0. The first kappa shape index (κ1) is 11.1. The average Bonchev–Trinajstić information content (AvgIpc) is 2.42. The molecule has 0 aliphatic carbocycles. The van der Waals surface area contributed by atoms with Gasteiger partial charge in [0.15, 0.2) is 0 Å². The van der Waals surface area contributed by atoms with Gasteiger partial charge in [-0.1, -0.05) is 0 Å². The summed E-state index contributed by atoms with van der Waals surface area (Å²) in [5.41, 5.74) is 1.83. The maximum Gasteiger partial charge on any atom is 0.270 e. The zero-order valence-electron chi connectivity index (χ0n) is 8.60. The highest BCUT2D eigenvalue weighted by Gasteiger charge is 2.10. The van der Waals surface area contributed by atoms with Gasteiger partial charge in [0, 0.05) is 24.6 Å². The summed E-state index contributed by atoms with van der Waals surface area (Å²) in [5, 5.41) is 15.6. The van der Waals surface area contributed by atoms with E-state index in [1.54, 1.807) is 16.8 Å². The van der Waals surface area contributed by atoms with Gasteiger partial charge in [0.1, 0.15) is 0 Å². The summed E-state index contributed by atoms with van der Waals surface area (Å²) in [5.74, 6) is 0. The number of aromatic nitrogens is 2. The SMILES string of the molecule is Cc1nn(C)c2ccc([N+](=O)[O-])cc12.N. The molecule has 6 heteroatoms. The molecule has 0 bridgehead atoms. The van der Waals surface area contributed by atoms with Crippen molar-refractivity contribution in [2.75, 3.05) is 0 Å². The molecule has 6 nitrogen and oxygen atoms in total. The van der Waals surface area contributed by atoms with Crippen molar-refractivity contribution < 1.29 is 4.92 Å². The van der Waals surface area contributed by atoms with Gasteiger partial charge in [0.05, 0.1) is 16.1 Å². The topological polar surface area (TPSA) is 96.0 Å². The molecule has 0 atom stereocenters. The number of nitro groups is 1. The van der Waals surface area contributed by atoms with Gasteiger partial charge < -0.3 is 6.15 Å². The number of benzene rings is 1. The highest BCUT2D eigenvalue weighted by molar-refractivity contribution is 5.83. The summed E-state index contributed by atoms with van der Waals surface area (Å²) < 4.78 is 1.72. The van der Waals surface area contributed by atoms with Crippen LogP contribution in [0.5, 0.6) is 0 Å². The van der Waals surface area contributed by atoms with E-state index in [2.05, 4.69) is 5.10 Å². The van der Waals surface area contributed by atoms with Gasteiger partial charge in [0.2, 0.25) is 0 Å². The van der Waals surface area contributed by atoms with Gasteiger partial charge in [-0.15, -0.1) is 0 Å². The second-order valence-corrected chi connectivity index (χ2v) is 3.17. The molecule has 0 saturated carbocycles. The Morgan fingerprint density at radius 3 is 2.73 bits per heavy atom. The molecule has 2 aromatic rings. The monoisotopic (exact) mass is 208 g/mol. The van der Waals surface area contributed by atoms with E-state index in [0.29, 0.717) is 0 Å². The second kappa shape index (κ2) is 3.66. The molecule has 0 spiro atoms. The molecule has 0 amide bonds. The number of hydrogen-bond acceptors (Lipinski definition) is 4. The first-order valence-electron chi connectivity index (χ1n) is 4.17. The summed E-state index contributed by atoms with van der Waals surface area (Å²) in [6, 6.07) is 4.76. The lowest BCUT2D eigenvalue weighted by Crippen LogP contribution is -1.90. The van der Waals surface area contributed by atoms with E-state index in [-0.39, 0.29) is 11.8 Å². The van der Waals surface area contributed by atoms with Gasteiger partial charge in [-0.2, -0.15) is 5.10 Å². The van der Waals surface area contributed by atoms with Gasteiger partial charge in [-0.3, -0.25) is 14.8 Å². The van der Waals surface area contributed by atoms with Crippen LogP contribution in [-0.4, -0.2) is 14.7 Å². The number of non-ortho nitro benzene ring substituents is 1. The molecule has 0 radical (unpaired) electrons. The van der Waals surface area contributed by atoms with Gasteiger partial charge >= 0.3 is 0 Å². The molecular formula is C9H12N4O2. The number of hydrogen-bond donors (Lipinski definition) is 1. The molecule has 0 saturated heterocycles. The summed E-state index contributed by atoms with van der Waals surface area (Å²) in [6.45, 7) is 1.84. The van der Waals surface area contributed by atoms with Gasteiger partial charge in [-0.05, 0) is 13.0 Å². The molecule has 1 aromatic heterocycles. The van der Waals surface area contributed by atoms with Gasteiger partial charge in [-0.25, -0.2) is 0 Å². The standard InChI is InChI=1S/C9H9N3O2.H3N/c1-6-8-5-7(12(13)14)3-4-9(8)11(2)10-6;/h3-5H,1-2H3;1H3. The normalized spacial score (nSPS) is 10.0. The molecule has 80 valence electrons. The first-order chi connectivity index (χ1) is 6.59. The Morgan fingerprint density at radius 2 is 2.13 bits per heavy atom. The third-order valence-corrected chi connectivity index (χ3v) is 2.23. The lowest BCUT2D eigenvalue weighted by atomic mass is 10.2. The minimum absolute atomic E-state index is 0. The van der Waals surface area contributed by atoms with E-state index in [0.717, 1.165) is 16.6 Å². The fourth-order valence-electron chi connectivity index (χ4n) is 1.54. The molecule has 0 aliphatic heterocycles. The van der Waals surface area contributed by atoms with E-state index in [1.165, 1.54) is 6.07 Å². The zero-order valence-corrected chi connectivity index (χ0v) is 8.60. The molecule has 1 heterocycles. The van der Waals surface area contributed by atoms with E-state index >= 15 is 0 Å². The van der Waals surface area contributed by atoms with Crippen molar-refractivity contribution in [1.29, 1.82) is 0 Å². The second-order valence-electron chi connectivity index (χ2n) is 3.17. The van der Waals surface area contributed by atoms with Crippen LogP contribution in [0.2, 0.25) is 0 Å². The Balaban J connectivity index is 0.00000112. The molecule has 3 N–H and O–H groups in total. The average molecular weight is 208 g/mol. The van der Waals surface area contributed by atoms with Crippen molar-refractivity contribution in [3.05, 3.63) is 34.0 Å².